The van der Waals surface area contributed by atoms with Gasteiger partial charge in [-0.1, -0.05) is 0 Å². The van der Waals surface area contributed by atoms with E-state index in [2.05, 4.69) is 20.3 Å². The lowest BCUT2D eigenvalue weighted by Crippen LogP contribution is -2.13. The number of carbonyl (C=O) groups excluding carboxylic acids is 1. The number of aryl methyl sites for hydroxylation is 3. The number of nitrogens with one attached hydrogen (secondary N) is 2. The van der Waals surface area contributed by atoms with Crippen LogP contribution < -0.4 is 10.1 Å². The highest BCUT2D eigenvalue weighted by Gasteiger charge is 2.27. The van der Waals surface area contributed by atoms with E-state index in [1.807, 2.05) is 42.0 Å². The summed E-state index contributed by atoms with van der Waals surface area (Å²) in [5.74, 6) is 0.620. The van der Waals surface area contributed by atoms with E-state index < -0.39 is 0 Å². The zero-order chi connectivity index (χ0) is 20.5. The highest BCUT2D eigenvalue weighted by Crippen LogP contribution is 2.38. The first-order valence-electron chi connectivity index (χ1n) is 9.84. The van der Waals surface area contributed by atoms with Gasteiger partial charge in [0.1, 0.15) is 12.4 Å². The molecule has 152 valence electrons. The molecule has 7 nitrogen and oxygen atoms in total. The van der Waals surface area contributed by atoms with E-state index in [-0.39, 0.29) is 5.91 Å². The number of nitrogens with zero attached hydrogens (tertiary/aromatic N) is 3. The summed E-state index contributed by atoms with van der Waals surface area (Å²) in [7, 11) is 0. The summed E-state index contributed by atoms with van der Waals surface area (Å²) < 4.78 is 7.71. The van der Waals surface area contributed by atoms with E-state index in [4.69, 9.17) is 4.74 Å². The number of ether oxygens (including phenoxy) is 1. The molecular formula is C22H21N5O2S. The van der Waals surface area contributed by atoms with Gasteiger partial charge in [-0.3, -0.25) is 4.79 Å². The number of H-pyrrole nitrogens is 1. The number of fused-ring (bicyclic) bond motifs is 3. The Morgan fingerprint density at radius 3 is 2.97 bits per heavy atom. The molecule has 0 saturated heterocycles. The molecule has 3 aromatic heterocycles. The van der Waals surface area contributed by atoms with Gasteiger partial charge in [0.2, 0.25) is 0 Å². The predicted molar refractivity (Wildman–Crippen MR) is 116 cm³/mol. The van der Waals surface area contributed by atoms with Crippen LogP contribution in [-0.4, -0.2) is 32.0 Å². The van der Waals surface area contributed by atoms with E-state index in [1.165, 1.54) is 4.88 Å². The first-order chi connectivity index (χ1) is 14.7. The van der Waals surface area contributed by atoms with Crippen LogP contribution in [0.3, 0.4) is 0 Å². The molecule has 1 aromatic carbocycles. The van der Waals surface area contributed by atoms with Crippen LogP contribution in [0, 0.1) is 6.92 Å². The molecule has 0 bridgehead atoms. The molecule has 2 N–H and O–H groups in total. The molecule has 30 heavy (non-hydrogen) atoms. The number of imidazole rings is 1. The van der Waals surface area contributed by atoms with Gasteiger partial charge in [-0.15, -0.1) is 11.3 Å². The van der Waals surface area contributed by atoms with Crippen molar-refractivity contribution >= 4 is 22.9 Å². The lowest BCUT2D eigenvalue weighted by molar-refractivity contribution is 0.102. The monoisotopic (exact) mass is 419 g/mol. The van der Waals surface area contributed by atoms with Gasteiger partial charge in [-0.05, 0) is 44.0 Å². The van der Waals surface area contributed by atoms with Crippen LogP contribution in [0.4, 0.5) is 5.69 Å². The second kappa shape index (κ2) is 7.79. The number of amides is 1. The molecule has 0 unspecified atom stereocenters. The van der Waals surface area contributed by atoms with Gasteiger partial charge >= 0.3 is 0 Å². The van der Waals surface area contributed by atoms with Gasteiger partial charge in [0.05, 0.1) is 29.1 Å². The predicted octanol–water partition coefficient (Wildman–Crippen LogP) is 4.07. The lowest BCUT2D eigenvalue weighted by Gasteiger charge is -2.13. The Hall–Kier alpha value is -3.39. The number of anilines is 1. The molecule has 8 heteroatoms. The third-order valence-corrected chi connectivity index (χ3v) is 6.17. The van der Waals surface area contributed by atoms with Crippen LogP contribution in [0.25, 0.3) is 11.3 Å². The third kappa shape index (κ3) is 3.61. The van der Waals surface area contributed by atoms with Crippen molar-refractivity contribution < 1.29 is 9.53 Å². The second-order valence-electron chi connectivity index (χ2n) is 7.19. The van der Waals surface area contributed by atoms with E-state index in [0.29, 0.717) is 12.2 Å². The highest BCUT2D eigenvalue weighted by molar-refractivity contribution is 7.12. The maximum atomic E-state index is 13.0. The summed E-state index contributed by atoms with van der Waals surface area (Å²) in [4.78, 5) is 26.2. The Kier molecular flexibility index (Phi) is 4.84. The minimum Gasteiger partial charge on any atom is -0.492 e. The number of rotatable bonds is 6. The second-order valence-corrected chi connectivity index (χ2v) is 8.48. The number of hydrogen-bond acceptors (Lipinski definition) is 5. The van der Waals surface area contributed by atoms with E-state index in [1.54, 1.807) is 30.1 Å². The summed E-state index contributed by atoms with van der Waals surface area (Å²) in [6, 6.07) is 7.42. The number of aromatic nitrogens is 4. The van der Waals surface area contributed by atoms with Gasteiger partial charge in [-0.2, -0.15) is 0 Å². The van der Waals surface area contributed by atoms with E-state index in [0.717, 1.165) is 52.8 Å². The maximum Gasteiger partial charge on any atom is 0.257 e. The number of hydrogen-bond donors (Lipinski definition) is 2. The molecule has 4 aromatic rings. The molecule has 0 spiro atoms. The van der Waals surface area contributed by atoms with Crippen molar-refractivity contribution in [2.75, 3.05) is 11.9 Å². The highest BCUT2D eigenvalue weighted by atomic mass is 32.1. The SMILES string of the molecule is Cc1nc2c(s1)CCc1[nH]cc(C(=O)Nc3ccc(OCCn4ccnc4)cc3)c1-2. The molecule has 0 aliphatic heterocycles. The van der Waals surface area contributed by atoms with Crippen molar-refractivity contribution in [1.82, 2.24) is 19.5 Å². The van der Waals surface area contributed by atoms with Gasteiger partial charge in [0.25, 0.3) is 5.91 Å². The summed E-state index contributed by atoms with van der Waals surface area (Å²) >= 11 is 1.71. The maximum absolute atomic E-state index is 13.0. The fourth-order valence-corrected chi connectivity index (χ4v) is 4.65. The number of benzene rings is 1. The quantitative estimate of drug-likeness (QED) is 0.493. The molecule has 3 heterocycles. The summed E-state index contributed by atoms with van der Waals surface area (Å²) in [6.45, 7) is 3.29. The molecule has 0 fully saturated rings. The van der Waals surface area contributed by atoms with Crippen LogP contribution in [-0.2, 0) is 19.4 Å². The minimum atomic E-state index is -0.139. The Balaban J connectivity index is 1.26. The lowest BCUT2D eigenvalue weighted by atomic mass is 9.96. The van der Waals surface area contributed by atoms with Crippen LogP contribution in [0.2, 0.25) is 0 Å². The van der Waals surface area contributed by atoms with Crippen molar-refractivity contribution in [3.63, 3.8) is 0 Å². The average molecular weight is 420 g/mol. The molecule has 0 saturated carbocycles. The Labute approximate surface area is 177 Å². The first kappa shape index (κ1) is 18.6. The standard InChI is InChI=1S/C22H21N5O2S/c1-14-25-21-19(30-14)7-6-18-20(21)17(12-24-18)22(28)26-15-2-4-16(5-3-15)29-11-10-27-9-8-23-13-27/h2-5,8-9,12-13,24H,6-7,10-11H2,1H3,(H,26,28). The molecule has 5 rings (SSSR count). The molecule has 0 radical (unpaired) electrons. The van der Waals surface area contributed by atoms with Crippen LogP contribution in [0.5, 0.6) is 5.75 Å². The third-order valence-electron chi connectivity index (χ3n) is 5.14. The summed E-state index contributed by atoms with van der Waals surface area (Å²) in [5, 5.41) is 4.02. The van der Waals surface area contributed by atoms with Crippen LogP contribution in [0.15, 0.2) is 49.2 Å². The van der Waals surface area contributed by atoms with Crippen molar-refractivity contribution in [2.24, 2.45) is 0 Å². The number of thiazole rings is 1. The first-order valence-corrected chi connectivity index (χ1v) is 10.7. The Bertz CT molecular complexity index is 1180. The normalized spacial score (nSPS) is 12.3. The van der Waals surface area contributed by atoms with E-state index >= 15 is 0 Å². The number of carbonyl (C=O) groups is 1. The van der Waals surface area contributed by atoms with Gasteiger partial charge in [0.15, 0.2) is 0 Å². The zero-order valence-corrected chi connectivity index (χ0v) is 17.3. The van der Waals surface area contributed by atoms with Crippen molar-refractivity contribution in [3.05, 3.63) is 70.3 Å². The topological polar surface area (TPSA) is 84.8 Å². The van der Waals surface area contributed by atoms with Crippen molar-refractivity contribution in [1.29, 1.82) is 0 Å². The van der Waals surface area contributed by atoms with Gasteiger partial charge in [0, 0.05) is 40.4 Å². The largest absolute Gasteiger partial charge is 0.492 e. The van der Waals surface area contributed by atoms with E-state index in [9.17, 15) is 4.79 Å². The minimum absolute atomic E-state index is 0.139. The Morgan fingerprint density at radius 1 is 1.30 bits per heavy atom. The molecule has 0 atom stereocenters. The smallest absolute Gasteiger partial charge is 0.257 e. The molecule has 1 aliphatic rings. The van der Waals surface area contributed by atoms with Crippen LogP contribution >= 0.6 is 11.3 Å². The Morgan fingerprint density at radius 2 is 2.17 bits per heavy atom. The molecule has 1 amide bonds. The average Bonchev–Trinajstić information content (AvgIpc) is 3.47. The molecular weight excluding hydrogens is 398 g/mol. The fraction of sp³-hybridized carbons (Fsp3) is 0.227. The zero-order valence-electron chi connectivity index (χ0n) is 16.5. The number of aromatic amines is 1. The van der Waals surface area contributed by atoms with Gasteiger partial charge in [-0.25, -0.2) is 9.97 Å². The molecule has 1 aliphatic carbocycles. The van der Waals surface area contributed by atoms with Gasteiger partial charge < -0.3 is 19.6 Å². The summed E-state index contributed by atoms with van der Waals surface area (Å²) in [6.07, 6.45) is 9.07. The summed E-state index contributed by atoms with van der Waals surface area (Å²) in [5.41, 5.74) is 4.34. The van der Waals surface area contributed by atoms with Crippen molar-refractivity contribution in [3.8, 4) is 17.0 Å². The fourth-order valence-electron chi connectivity index (χ4n) is 3.71. The van der Waals surface area contributed by atoms with Crippen molar-refractivity contribution in [2.45, 2.75) is 26.3 Å². The van der Waals surface area contributed by atoms with Crippen LogP contribution in [0.1, 0.15) is 25.9 Å².